The monoisotopic (exact) mass is 303 g/mol. The SMILES string of the molecule is Fc1c(F)c(F)c2[nH]c(COC3CCCCO3)cc2c1F. The van der Waals surface area contributed by atoms with Crippen molar-refractivity contribution in [2.24, 2.45) is 0 Å². The fourth-order valence-electron chi connectivity index (χ4n) is 2.38. The van der Waals surface area contributed by atoms with Crippen LogP contribution in [-0.2, 0) is 16.1 Å². The molecule has 3 rings (SSSR count). The van der Waals surface area contributed by atoms with Crippen molar-refractivity contribution < 1.29 is 27.0 Å². The van der Waals surface area contributed by atoms with Gasteiger partial charge in [0.25, 0.3) is 0 Å². The summed E-state index contributed by atoms with van der Waals surface area (Å²) in [6.07, 6.45) is 2.33. The van der Waals surface area contributed by atoms with Gasteiger partial charge in [0.15, 0.2) is 29.6 Å². The highest BCUT2D eigenvalue weighted by atomic mass is 19.2. The van der Waals surface area contributed by atoms with Crippen molar-refractivity contribution in [1.82, 2.24) is 4.98 Å². The van der Waals surface area contributed by atoms with Crippen molar-refractivity contribution in [3.8, 4) is 0 Å². The summed E-state index contributed by atoms with van der Waals surface area (Å²) >= 11 is 0. The van der Waals surface area contributed by atoms with Gasteiger partial charge >= 0.3 is 0 Å². The maximum Gasteiger partial charge on any atom is 0.199 e. The average Bonchev–Trinajstić information content (AvgIpc) is 2.94. The number of fused-ring (bicyclic) bond motifs is 1. The molecule has 1 atom stereocenters. The third kappa shape index (κ3) is 2.63. The Bertz CT molecular complexity index is 620. The molecule has 0 radical (unpaired) electrons. The first-order chi connectivity index (χ1) is 10.1. The van der Waals surface area contributed by atoms with Gasteiger partial charge in [-0.3, -0.25) is 0 Å². The predicted molar refractivity (Wildman–Crippen MR) is 66.5 cm³/mol. The zero-order valence-electron chi connectivity index (χ0n) is 11.0. The standard InChI is InChI=1S/C14H13F4NO2/c15-10-8-5-7(6-21-9-3-1-2-4-20-9)19-14(8)13(18)12(17)11(10)16/h5,9,19H,1-4,6H2. The van der Waals surface area contributed by atoms with Gasteiger partial charge in [-0.15, -0.1) is 0 Å². The molecule has 7 heteroatoms. The Labute approximate surface area is 117 Å². The third-order valence-electron chi connectivity index (χ3n) is 3.47. The molecule has 114 valence electrons. The molecule has 1 aromatic carbocycles. The van der Waals surface area contributed by atoms with Crippen molar-refractivity contribution in [1.29, 1.82) is 0 Å². The van der Waals surface area contributed by atoms with Crippen molar-refractivity contribution in [3.63, 3.8) is 0 Å². The maximum atomic E-state index is 13.6. The molecule has 2 heterocycles. The lowest BCUT2D eigenvalue weighted by molar-refractivity contribution is -0.169. The summed E-state index contributed by atoms with van der Waals surface area (Å²) < 4.78 is 64.3. The zero-order chi connectivity index (χ0) is 15.0. The van der Waals surface area contributed by atoms with E-state index in [0.29, 0.717) is 12.3 Å². The molecule has 1 aliphatic heterocycles. The number of nitrogens with one attached hydrogen (secondary N) is 1. The molecule has 1 saturated heterocycles. The summed E-state index contributed by atoms with van der Waals surface area (Å²) in [5.41, 5.74) is -0.0865. The molecule has 1 aliphatic rings. The minimum Gasteiger partial charge on any atom is -0.354 e. The van der Waals surface area contributed by atoms with E-state index in [4.69, 9.17) is 9.47 Å². The molecule has 0 bridgehead atoms. The Morgan fingerprint density at radius 3 is 2.57 bits per heavy atom. The Kier molecular flexibility index (Phi) is 3.86. The van der Waals surface area contributed by atoms with Crippen molar-refractivity contribution in [2.45, 2.75) is 32.2 Å². The highest BCUT2D eigenvalue weighted by Crippen LogP contribution is 2.27. The number of hydrogen-bond donors (Lipinski definition) is 1. The molecule has 1 unspecified atom stereocenters. The van der Waals surface area contributed by atoms with Crippen LogP contribution in [0.1, 0.15) is 25.0 Å². The van der Waals surface area contributed by atoms with Crippen LogP contribution in [0.2, 0.25) is 0 Å². The number of rotatable bonds is 3. The zero-order valence-corrected chi connectivity index (χ0v) is 11.0. The van der Waals surface area contributed by atoms with E-state index in [9.17, 15) is 17.6 Å². The van der Waals surface area contributed by atoms with Crippen molar-refractivity contribution in [2.75, 3.05) is 6.61 Å². The second kappa shape index (κ2) is 5.65. The number of H-pyrrole nitrogens is 1. The third-order valence-corrected chi connectivity index (χ3v) is 3.47. The van der Waals surface area contributed by atoms with Gasteiger partial charge in [0, 0.05) is 17.7 Å². The molecular formula is C14H13F4NO2. The lowest BCUT2D eigenvalue weighted by atomic mass is 10.2. The van der Waals surface area contributed by atoms with Crippen LogP contribution in [0.15, 0.2) is 6.07 Å². The molecule has 0 amide bonds. The van der Waals surface area contributed by atoms with Crippen LogP contribution >= 0.6 is 0 Å². The van der Waals surface area contributed by atoms with Crippen LogP contribution in [0.5, 0.6) is 0 Å². The molecule has 2 aromatic rings. The summed E-state index contributed by atoms with van der Waals surface area (Å²) in [7, 11) is 0. The quantitative estimate of drug-likeness (QED) is 0.532. The second-order valence-electron chi connectivity index (χ2n) is 4.95. The van der Waals surface area contributed by atoms with Crippen LogP contribution in [0.4, 0.5) is 17.6 Å². The average molecular weight is 303 g/mol. The first-order valence-electron chi connectivity index (χ1n) is 6.64. The van der Waals surface area contributed by atoms with Gasteiger partial charge in [-0.1, -0.05) is 0 Å². The Morgan fingerprint density at radius 1 is 1.10 bits per heavy atom. The Balaban J connectivity index is 1.84. The lowest BCUT2D eigenvalue weighted by Gasteiger charge is -2.22. The molecule has 21 heavy (non-hydrogen) atoms. The van der Waals surface area contributed by atoms with Gasteiger partial charge in [0.1, 0.15) is 0 Å². The summed E-state index contributed by atoms with van der Waals surface area (Å²) in [4.78, 5) is 2.51. The van der Waals surface area contributed by atoms with E-state index in [1.807, 2.05) is 0 Å². The number of aromatic nitrogens is 1. The van der Waals surface area contributed by atoms with E-state index in [2.05, 4.69) is 4.98 Å². The fourth-order valence-corrected chi connectivity index (χ4v) is 2.38. The topological polar surface area (TPSA) is 34.2 Å². The summed E-state index contributed by atoms with van der Waals surface area (Å²) in [5, 5.41) is -0.338. The number of aromatic amines is 1. The molecule has 0 spiro atoms. The van der Waals surface area contributed by atoms with E-state index >= 15 is 0 Å². The van der Waals surface area contributed by atoms with Crippen LogP contribution in [0.3, 0.4) is 0 Å². The van der Waals surface area contributed by atoms with Crippen LogP contribution < -0.4 is 0 Å². The molecule has 1 aromatic heterocycles. The van der Waals surface area contributed by atoms with E-state index in [1.165, 1.54) is 6.07 Å². The van der Waals surface area contributed by atoms with Crippen molar-refractivity contribution >= 4 is 10.9 Å². The molecule has 0 saturated carbocycles. The Morgan fingerprint density at radius 2 is 1.86 bits per heavy atom. The molecule has 3 nitrogen and oxygen atoms in total. The van der Waals surface area contributed by atoms with Gasteiger partial charge in [-0.25, -0.2) is 17.6 Å². The number of halogens is 4. The van der Waals surface area contributed by atoms with Gasteiger partial charge in [0.05, 0.1) is 12.1 Å². The minimum absolute atomic E-state index is 0.0153. The Hall–Kier alpha value is -1.60. The number of benzene rings is 1. The fraction of sp³-hybridized carbons (Fsp3) is 0.429. The first kappa shape index (κ1) is 14.3. The molecule has 1 fully saturated rings. The molecule has 1 N–H and O–H groups in total. The first-order valence-corrected chi connectivity index (χ1v) is 6.64. The second-order valence-corrected chi connectivity index (χ2v) is 4.95. The van der Waals surface area contributed by atoms with Crippen LogP contribution in [0.25, 0.3) is 10.9 Å². The smallest absolute Gasteiger partial charge is 0.199 e. The highest BCUT2D eigenvalue weighted by molar-refractivity contribution is 5.82. The van der Waals surface area contributed by atoms with Gasteiger partial charge in [0.2, 0.25) is 0 Å². The van der Waals surface area contributed by atoms with Gasteiger partial charge < -0.3 is 14.5 Å². The summed E-state index contributed by atoms with van der Waals surface area (Å²) in [6, 6.07) is 1.21. The summed E-state index contributed by atoms with van der Waals surface area (Å²) in [6.45, 7) is 0.624. The van der Waals surface area contributed by atoms with Gasteiger partial charge in [-0.2, -0.15) is 0 Å². The molecular weight excluding hydrogens is 290 g/mol. The number of ether oxygens (including phenoxy) is 2. The van der Waals surface area contributed by atoms with Crippen LogP contribution in [0, 0.1) is 23.3 Å². The number of hydrogen-bond acceptors (Lipinski definition) is 2. The lowest BCUT2D eigenvalue weighted by Crippen LogP contribution is -2.22. The molecule has 0 aliphatic carbocycles. The van der Waals surface area contributed by atoms with E-state index < -0.39 is 28.8 Å². The highest BCUT2D eigenvalue weighted by Gasteiger charge is 2.22. The van der Waals surface area contributed by atoms with E-state index in [0.717, 1.165) is 19.3 Å². The normalized spacial score (nSPS) is 19.3. The van der Waals surface area contributed by atoms with Crippen molar-refractivity contribution in [3.05, 3.63) is 35.0 Å². The minimum atomic E-state index is -1.83. The van der Waals surface area contributed by atoms with E-state index in [-0.39, 0.29) is 18.3 Å². The summed E-state index contributed by atoms with van der Waals surface area (Å²) in [5.74, 6) is -6.50. The largest absolute Gasteiger partial charge is 0.354 e. The van der Waals surface area contributed by atoms with E-state index in [1.54, 1.807) is 0 Å². The predicted octanol–water partition coefficient (Wildman–Crippen LogP) is 3.77. The van der Waals surface area contributed by atoms with Gasteiger partial charge in [-0.05, 0) is 25.3 Å². The van der Waals surface area contributed by atoms with Crippen LogP contribution in [-0.4, -0.2) is 17.9 Å². The maximum absolute atomic E-state index is 13.6.